The molecule has 7 nitrogen and oxygen atoms in total. The summed E-state index contributed by atoms with van der Waals surface area (Å²) in [6, 6.07) is 3.35. The van der Waals surface area contributed by atoms with Crippen LogP contribution in [-0.2, 0) is 0 Å². The van der Waals surface area contributed by atoms with Gasteiger partial charge in [0.15, 0.2) is 0 Å². The number of nitrogens with one attached hydrogen (secondary N) is 2. The van der Waals surface area contributed by atoms with Gasteiger partial charge in [-0.05, 0) is 25.3 Å². The first-order valence-electron chi connectivity index (χ1n) is 6.46. The minimum absolute atomic E-state index is 0.0939. The number of urea groups is 1. The van der Waals surface area contributed by atoms with E-state index < -0.39 is 17.1 Å². The second kappa shape index (κ2) is 7.80. The molecule has 0 radical (unpaired) electrons. The van der Waals surface area contributed by atoms with E-state index in [1.807, 2.05) is 6.92 Å². The highest BCUT2D eigenvalue weighted by Gasteiger charge is 2.12. The predicted octanol–water partition coefficient (Wildman–Crippen LogP) is 2.78. The number of non-ortho nitro benzene ring substituents is 1. The number of nitrogens with zero attached hydrogens (tertiary/aromatic N) is 1. The number of halogens is 1. The Kier molecular flexibility index (Phi) is 6.39. The lowest BCUT2D eigenvalue weighted by molar-refractivity contribution is -0.384. The van der Waals surface area contributed by atoms with Gasteiger partial charge >= 0.3 is 6.03 Å². The molecule has 0 fully saturated rings. The number of hydrogen-bond acceptors (Lipinski definition) is 4. The lowest BCUT2D eigenvalue weighted by Crippen LogP contribution is -2.33. The first-order valence-corrected chi connectivity index (χ1v) is 6.84. The summed E-state index contributed by atoms with van der Waals surface area (Å²) >= 11 is 5.87. The summed E-state index contributed by atoms with van der Waals surface area (Å²) in [7, 11) is 0. The van der Waals surface area contributed by atoms with Gasteiger partial charge in [-0.15, -0.1) is 0 Å². The van der Waals surface area contributed by atoms with Gasteiger partial charge in [0.1, 0.15) is 0 Å². The number of benzene rings is 1. The number of hydrogen-bond donors (Lipinski definition) is 3. The van der Waals surface area contributed by atoms with Crippen LogP contribution in [0.3, 0.4) is 0 Å². The van der Waals surface area contributed by atoms with Crippen molar-refractivity contribution in [3.05, 3.63) is 33.3 Å². The third-order valence-electron chi connectivity index (χ3n) is 2.77. The molecule has 0 aromatic heterocycles. The van der Waals surface area contributed by atoms with Crippen molar-refractivity contribution in [2.24, 2.45) is 5.92 Å². The zero-order valence-electron chi connectivity index (χ0n) is 11.8. The number of aliphatic hydroxyl groups is 1. The molecule has 8 heteroatoms. The van der Waals surface area contributed by atoms with Crippen LogP contribution < -0.4 is 10.6 Å². The molecule has 2 unspecified atom stereocenters. The molecule has 0 aliphatic carbocycles. The normalized spacial score (nSPS) is 13.3. The van der Waals surface area contributed by atoms with Gasteiger partial charge < -0.3 is 15.7 Å². The second-order valence-corrected chi connectivity index (χ2v) is 5.35. The van der Waals surface area contributed by atoms with E-state index in [1.165, 1.54) is 18.2 Å². The Bertz CT molecular complexity index is 522. The van der Waals surface area contributed by atoms with Crippen molar-refractivity contribution < 1.29 is 14.8 Å². The van der Waals surface area contributed by atoms with E-state index in [9.17, 15) is 20.0 Å². The van der Waals surface area contributed by atoms with Crippen LogP contribution in [0.2, 0.25) is 5.02 Å². The zero-order valence-corrected chi connectivity index (χ0v) is 12.6. The van der Waals surface area contributed by atoms with Crippen molar-refractivity contribution in [2.75, 3.05) is 11.9 Å². The number of amides is 2. The molecule has 2 amide bonds. The van der Waals surface area contributed by atoms with Crippen LogP contribution in [-0.4, -0.2) is 28.7 Å². The van der Waals surface area contributed by atoms with Gasteiger partial charge in [0.2, 0.25) is 0 Å². The fourth-order valence-electron chi connectivity index (χ4n) is 1.82. The molecule has 0 saturated carbocycles. The fourth-order valence-corrected chi connectivity index (χ4v) is 2.04. The van der Waals surface area contributed by atoms with E-state index >= 15 is 0 Å². The maximum Gasteiger partial charge on any atom is 0.319 e. The summed E-state index contributed by atoms with van der Waals surface area (Å²) in [5.41, 5.74) is 0.152. The third-order valence-corrected chi connectivity index (χ3v) is 3.08. The van der Waals surface area contributed by atoms with E-state index in [2.05, 4.69) is 10.6 Å². The summed E-state index contributed by atoms with van der Waals surface area (Å²) in [5, 5.41) is 25.1. The smallest absolute Gasteiger partial charge is 0.319 e. The SMILES string of the molecule is CC(O)CC(C)CNC(=O)Nc1ccc([N+](=O)[O-])cc1Cl. The molecule has 0 aliphatic rings. The Morgan fingerprint density at radius 2 is 2.14 bits per heavy atom. The fraction of sp³-hybridized carbons (Fsp3) is 0.462. The van der Waals surface area contributed by atoms with E-state index in [-0.39, 0.29) is 16.6 Å². The lowest BCUT2D eigenvalue weighted by atomic mass is 10.1. The predicted molar refractivity (Wildman–Crippen MR) is 80.6 cm³/mol. The summed E-state index contributed by atoms with van der Waals surface area (Å²) < 4.78 is 0. The number of carbonyl (C=O) groups is 1. The number of rotatable bonds is 6. The minimum Gasteiger partial charge on any atom is -0.393 e. The molecule has 1 aromatic rings. The molecule has 0 heterocycles. The molecule has 0 saturated heterocycles. The van der Waals surface area contributed by atoms with Crippen molar-refractivity contribution in [1.82, 2.24) is 5.32 Å². The maximum absolute atomic E-state index is 11.7. The van der Waals surface area contributed by atoms with Gasteiger partial charge in [-0.1, -0.05) is 18.5 Å². The van der Waals surface area contributed by atoms with Crippen LogP contribution >= 0.6 is 11.6 Å². The molecule has 1 aromatic carbocycles. The zero-order chi connectivity index (χ0) is 16.0. The van der Waals surface area contributed by atoms with Gasteiger partial charge in [-0.3, -0.25) is 10.1 Å². The maximum atomic E-state index is 11.7. The number of carbonyl (C=O) groups excluding carboxylic acids is 1. The molecule has 3 N–H and O–H groups in total. The van der Waals surface area contributed by atoms with Crippen LogP contribution in [0, 0.1) is 16.0 Å². The summed E-state index contributed by atoms with van der Waals surface area (Å²) in [6.07, 6.45) is 0.160. The molecule has 0 aliphatic heterocycles. The van der Waals surface area contributed by atoms with Gasteiger partial charge in [0.25, 0.3) is 5.69 Å². The lowest BCUT2D eigenvalue weighted by Gasteiger charge is -2.15. The van der Waals surface area contributed by atoms with Crippen LogP contribution in [0.5, 0.6) is 0 Å². The Hall–Kier alpha value is -1.86. The Morgan fingerprint density at radius 1 is 1.48 bits per heavy atom. The molecule has 2 atom stereocenters. The van der Waals surface area contributed by atoms with E-state index in [4.69, 9.17) is 11.6 Å². The Morgan fingerprint density at radius 3 is 2.67 bits per heavy atom. The van der Waals surface area contributed by atoms with Crippen molar-refractivity contribution in [2.45, 2.75) is 26.4 Å². The van der Waals surface area contributed by atoms with Crippen molar-refractivity contribution in [3.8, 4) is 0 Å². The Balaban J connectivity index is 2.53. The summed E-state index contributed by atoms with van der Waals surface area (Å²) in [6.45, 7) is 4.00. The molecular formula is C13H18ClN3O4. The number of nitro benzene ring substituents is 1. The Labute approximate surface area is 127 Å². The number of aliphatic hydroxyl groups excluding tert-OH is 1. The standard InChI is InChI=1S/C13H18ClN3O4/c1-8(5-9(2)18)7-15-13(19)16-12-4-3-10(17(20)21)6-11(12)14/h3-4,6,8-9,18H,5,7H2,1-2H3,(H2,15,16,19). The molecule has 116 valence electrons. The molecule has 21 heavy (non-hydrogen) atoms. The van der Waals surface area contributed by atoms with Crippen LogP contribution in [0.1, 0.15) is 20.3 Å². The minimum atomic E-state index is -0.562. The van der Waals surface area contributed by atoms with Crippen LogP contribution in [0.15, 0.2) is 18.2 Å². The van der Waals surface area contributed by atoms with Crippen molar-refractivity contribution in [3.63, 3.8) is 0 Å². The van der Waals surface area contributed by atoms with Crippen molar-refractivity contribution in [1.29, 1.82) is 0 Å². The van der Waals surface area contributed by atoms with Gasteiger partial charge in [0.05, 0.1) is 21.7 Å². The average Bonchev–Trinajstić information content (AvgIpc) is 2.37. The average molecular weight is 316 g/mol. The molecule has 1 rings (SSSR count). The summed E-state index contributed by atoms with van der Waals surface area (Å²) in [4.78, 5) is 21.7. The van der Waals surface area contributed by atoms with Gasteiger partial charge in [-0.25, -0.2) is 4.79 Å². The quantitative estimate of drug-likeness (QED) is 0.554. The largest absolute Gasteiger partial charge is 0.393 e. The van der Waals surface area contributed by atoms with Gasteiger partial charge in [-0.2, -0.15) is 0 Å². The second-order valence-electron chi connectivity index (χ2n) is 4.95. The monoisotopic (exact) mass is 315 g/mol. The van der Waals surface area contributed by atoms with E-state index in [0.717, 1.165) is 0 Å². The third kappa shape index (κ3) is 5.97. The topological polar surface area (TPSA) is 104 Å². The van der Waals surface area contributed by atoms with E-state index in [1.54, 1.807) is 6.92 Å². The highest BCUT2D eigenvalue weighted by Crippen LogP contribution is 2.26. The number of nitro groups is 1. The highest BCUT2D eigenvalue weighted by atomic mass is 35.5. The van der Waals surface area contributed by atoms with Crippen molar-refractivity contribution >= 4 is 29.0 Å². The summed E-state index contributed by atoms with van der Waals surface area (Å²) in [5.74, 6) is 0.128. The molecule has 0 bridgehead atoms. The van der Waals surface area contributed by atoms with Crippen LogP contribution in [0.25, 0.3) is 0 Å². The van der Waals surface area contributed by atoms with E-state index in [0.29, 0.717) is 18.7 Å². The molecule has 0 spiro atoms. The highest BCUT2D eigenvalue weighted by molar-refractivity contribution is 6.33. The molecular weight excluding hydrogens is 298 g/mol. The van der Waals surface area contributed by atoms with Crippen LogP contribution in [0.4, 0.5) is 16.2 Å². The number of anilines is 1. The first kappa shape index (κ1) is 17.2. The van der Waals surface area contributed by atoms with Gasteiger partial charge in [0, 0.05) is 18.7 Å². The first-order chi connectivity index (χ1) is 9.79.